The highest BCUT2D eigenvalue weighted by atomic mass is 16.6. The Balaban J connectivity index is 1.65. The number of fused-ring (bicyclic) bond motifs is 1. The number of aliphatic imine (C=N–C) groups is 1. The first-order chi connectivity index (χ1) is 6.75. The molecule has 2 aliphatic rings. The minimum absolute atomic E-state index is 0.0370. The number of epoxide rings is 1. The van der Waals surface area contributed by atoms with Crippen LogP contribution in [-0.4, -0.2) is 36.0 Å². The first-order valence-electron chi connectivity index (χ1n) is 5.11. The lowest BCUT2D eigenvalue weighted by atomic mass is 9.89. The van der Waals surface area contributed by atoms with Gasteiger partial charge in [-0.3, -0.25) is 9.79 Å². The summed E-state index contributed by atoms with van der Waals surface area (Å²) in [5.74, 6) is -0.216. The summed E-state index contributed by atoms with van der Waals surface area (Å²) in [5, 5.41) is 8.39. The van der Waals surface area contributed by atoms with E-state index in [1.165, 1.54) is 12.6 Å². The molecule has 2 fully saturated rings. The van der Waals surface area contributed by atoms with Crippen LogP contribution in [0.4, 0.5) is 0 Å². The van der Waals surface area contributed by atoms with Crippen LogP contribution in [-0.2, 0) is 9.53 Å². The van der Waals surface area contributed by atoms with Crippen molar-refractivity contribution in [2.24, 2.45) is 10.9 Å². The van der Waals surface area contributed by atoms with Crippen molar-refractivity contribution in [3.8, 4) is 0 Å². The molecule has 1 aliphatic carbocycles. The molecular formula is C10H15NO3. The zero-order chi connectivity index (χ0) is 9.97. The van der Waals surface area contributed by atoms with Crippen molar-refractivity contribution in [2.45, 2.75) is 37.9 Å². The zero-order valence-electron chi connectivity index (χ0n) is 8.06. The fraction of sp³-hybridized carbons (Fsp3) is 0.800. The summed E-state index contributed by atoms with van der Waals surface area (Å²) >= 11 is 0. The third-order valence-electron chi connectivity index (χ3n) is 2.87. The quantitative estimate of drug-likeness (QED) is 0.542. The fourth-order valence-electron chi connectivity index (χ4n) is 2.02. The zero-order valence-corrected chi connectivity index (χ0v) is 8.06. The van der Waals surface area contributed by atoms with Crippen molar-refractivity contribution in [1.82, 2.24) is 0 Å². The highest BCUT2D eigenvalue weighted by molar-refractivity contribution is 5.84. The lowest BCUT2D eigenvalue weighted by Crippen LogP contribution is -2.15. The van der Waals surface area contributed by atoms with E-state index < -0.39 is 5.97 Å². The highest BCUT2D eigenvalue weighted by Gasteiger charge is 2.43. The van der Waals surface area contributed by atoms with Crippen LogP contribution in [0.25, 0.3) is 0 Å². The van der Waals surface area contributed by atoms with Crippen LogP contribution in [0.15, 0.2) is 4.99 Å². The Kier molecular flexibility index (Phi) is 2.82. The third kappa shape index (κ3) is 2.54. The van der Waals surface area contributed by atoms with Gasteiger partial charge in [0.2, 0.25) is 0 Å². The van der Waals surface area contributed by atoms with Gasteiger partial charge in [-0.25, -0.2) is 0 Å². The normalized spacial score (nSPS) is 35.6. The van der Waals surface area contributed by atoms with Gasteiger partial charge >= 0.3 is 5.97 Å². The van der Waals surface area contributed by atoms with Crippen LogP contribution in [0.5, 0.6) is 0 Å². The summed E-state index contributed by atoms with van der Waals surface area (Å²) in [5.41, 5.74) is 0. The smallest absolute Gasteiger partial charge is 0.308 e. The van der Waals surface area contributed by atoms with Crippen LogP contribution < -0.4 is 0 Å². The van der Waals surface area contributed by atoms with Gasteiger partial charge in [0.1, 0.15) is 0 Å². The largest absolute Gasteiger partial charge is 0.481 e. The fourth-order valence-corrected chi connectivity index (χ4v) is 2.02. The molecule has 0 amide bonds. The van der Waals surface area contributed by atoms with Crippen molar-refractivity contribution in [2.75, 3.05) is 6.54 Å². The molecule has 3 unspecified atom stereocenters. The number of ether oxygens (including phenoxy) is 1. The number of aliphatic carboxylic acids is 1. The van der Waals surface area contributed by atoms with Crippen LogP contribution in [0.3, 0.4) is 0 Å². The molecule has 0 radical (unpaired) electrons. The molecular weight excluding hydrogens is 182 g/mol. The predicted octanol–water partition coefficient (Wildman–Crippen LogP) is 1.10. The first kappa shape index (κ1) is 9.65. The number of nitrogens with zero attached hydrogens (tertiary/aromatic N) is 1. The Bertz CT molecular complexity index is 252. The van der Waals surface area contributed by atoms with E-state index in [0.29, 0.717) is 18.1 Å². The standard InChI is InChI=1S/C10H15NO3/c12-10(13)3-4-11-6-7-1-2-8-9(5-7)14-8/h4,7-9H,1-3,5-6H2,(H,12,13). The van der Waals surface area contributed by atoms with Gasteiger partial charge in [-0.2, -0.15) is 0 Å². The lowest BCUT2D eigenvalue weighted by Gasteiger charge is -2.15. The molecule has 1 N–H and O–H groups in total. The van der Waals surface area contributed by atoms with Gasteiger partial charge in [-0.05, 0) is 25.2 Å². The van der Waals surface area contributed by atoms with E-state index in [1.54, 1.807) is 0 Å². The summed E-state index contributed by atoms with van der Waals surface area (Å²) in [6.45, 7) is 0.764. The van der Waals surface area contributed by atoms with Crippen LogP contribution in [0, 0.1) is 5.92 Å². The Morgan fingerprint density at radius 1 is 1.50 bits per heavy atom. The van der Waals surface area contributed by atoms with Gasteiger partial charge in [-0.1, -0.05) is 0 Å². The van der Waals surface area contributed by atoms with Gasteiger partial charge in [0.05, 0.1) is 18.6 Å². The van der Waals surface area contributed by atoms with E-state index in [-0.39, 0.29) is 6.42 Å². The van der Waals surface area contributed by atoms with E-state index in [9.17, 15) is 4.79 Å². The Labute approximate surface area is 83.0 Å². The minimum Gasteiger partial charge on any atom is -0.481 e. The van der Waals surface area contributed by atoms with E-state index >= 15 is 0 Å². The summed E-state index contributed by atoms with van der Waals surface area (Å²) in [6, 6.07) is 0. The summed E-state index contributed by atoms with van der Waals surface area (Å²) < 4.78 is 5.41. The average Bonchev–Trinajstić information content (AvgIpc) is 2.90. The molecule has 14 heavy (non-hydrogen) atoms. The molecule has 1 aliphatic heterocycles. The number of hydrogen-bond donors (Lipinski definition) is 1. The van der Waals surface area contributed by atoms with Gasteiger partial charge in [0.15, 0.2) is 0 Å². The second-order valence-electron chi connectivity index (χ2n) is 4.04. The number of carboxylic acids is 1. The topological polar surface area (TPSA) is 62.2 Å². The molecule has 0 bridgehead atoms. The monoisotopic (exact) mass is 197 g/mol. The summed E-state index contributed by atoms with van der Waals surface area (Å²) in [4.78, 5) is 14.3. The third-order valence-corrected chi connectivity index (χ3v) is 2.87. The maximum Gasteiger partial charge on any atom is 0.308 e. The highest BCUT2D eigenvalue weighted by Crippen LogP contribution is 2.39. The van der Waals surface area contributed by atoms with E-state index in [2.05, 4.69) is 4.99 Å². The van der Waals surface area contributed by atoms with Crippen LogP contribution >= 0.6 is 0 Å². The van der Waals surface area contributed by atoms with Gasteiger partial charge < -0.3 is 9.84 Å². The molecule has 0 spiro atoms. The number of rotatable bonds is 4. The van der Waals surface area contributed by atoms with Crippen LogP contribution in [0.2, 0.25) is 0 Å². The molecule has 3 atom stereocenters. The molecule has 4 heteroatoms. The minimum atomic E-state index is -0.817. The van der Waals surface area contributed by atoms with Crippen LogP contribution in [0.1, 0.15) is 25.7 Å². The Hall–Kier alpha value is -0.900. The number of hydrogen-bond acceptors (Lipinski definition) is 3. The molecule has 1 heterocycles. The van der Waals surface area contributed by atoms with Gasteiger partial charge in [-0.15, -0.1) is 0 Å². The van der Waals surface area contributed by atoms with Crippen molar-refractivity contribution < 1.29 is 14.6 Å². The van der Waals surface area contributed by atoms with Gasteiger partial charge in [0.25, 0.3) is 0 Å². The predicted molar refractivity (Wildman–Crippen MR) is 51.6 cm³/mol. The SMILES string of the molecule is O=C(O)CC=NCC1CCC2OC2C1. The van der Waals surface area contributed by atoms with Crippen molar-refractivity contribution in [3.63, 3.8) is 0 Å². The molecule has 78 valence electrons. The van der Waals surface area contributed by atoms with Gasteiger partial charge in [0, 0.05) is 12.8 Å². The molecule has 1 saturated heterocycles. The lowest BCUT2D eigenvalue weighted by molar-refractivity contribution is -0.135. The van der Waals surface area contributed by atoms with Crippen molar-refractivity contribution in [3.05, 3.63) is 0 Å². The number of carboxylic acid groups (broad SMARTS) is 1. The summed E-state index contributed by atoms with van der Waals surface area (Å²) in [6.07, 6.45) is 6.00. The average molecular weight is 197 g/mol. The molecule has 4 nitrogen and oxygen atoms in total. The van der Waals surface area contributed by atoms with E-state index in [0.717, 1.165) is 19.4 Å². The Morgan fingerprint density at radius 2 is 2.36 bits per heavy atom. The molecule has 0 aromatic carbocycles. The number of carbonyl (C=O) groups is 1. The molecule has 1 saturated carbocycles. The first-order valence-corrected chi connectivity index (χ1v) is 5.11. The summed E-state index contributed by atoms with van der Waals surface area (Å²) in [7, 11) is 0. The maximum atomic E-state index is 10.2. The van der Waals surface area contributed by atoms with Crippen molar-refractivity contribution >= 4 is 12.2 Å². The molecule has 2 rings (SSSR count). The molecule has 0 aromatic rings. The van der Waals surface area contributed by atoms with E-state index in [4.69, 9.17) is 9.84 Å². The second kappa shape index (κ2) is 4.09. The maximum absolute atomic E-state index is 10.2. The Morgan fingerprint density at radius 3 is 3.07 bits per heavy atom. The van der Waals surface area contributed by atoms with E-state index in [1.807, 2.05) is 0 Å². The second-order valence-corrected chi connectivity index (χ2v) is 4.04. The van der Waals surface area contributed by atoms with Crippen molar-refractivity contribution in [1.29, 1.82) is 0 Å². The molecule has 0 aromatic heterocycles.